The third kappa shape index (κ3) is 43.0. The maximum Gasteiger partial charge on any atom is 0.142 e. The minimum Gasteiger partial charge on any atom is -0.388 e. The average Bonchev–Trinajstić information content (AvgIpc) is 1.86. The van der Waals surface area contributed by atoms with Crippen LogP contribution in [0.15, 0.2) is 12.2 Å². The second-order valence-electron chi connectivity index (χ2n) is 1.07. The molecule has 0 aliphatic carbocycles. The molecule has 0 aromatic heterocycles. The summed E-state index contributed by atoms with van der Waals surface area (Å²) in [4.78, 5) is 18.6. The van der Waals surface area contributed by atoms with Crippen LogP contribution in [-0.2, 0) is 14.3 Å². The molecule has 0 aliphatic rings. The summed E-state index contributed by atoms with van der Waals surface area (Å²) in [5, 5.41) is 0. The van der Waals surface area contributed by atoms with E-state index in [1.807, 2.05) is 0 Å². The number of carbonyl (C=O) groups is 2. The summed E-state index contributed by atoms with van der Waals surface area (Å²) in [6, 6.07) is 0. The van der Waals surface area contributed by atoms with Crippen molar-refractivity contribution in [3.63, 3.8) is 0 Å². The molecule has 0 radical (unpaired) electrons. The third-order valence-corrected chi connectivity index (χ3v) is 0.268. The first kappa shape index (κ1) is 10.9. The predicted molar refractivity (Wildman–Crippen MR) is 34.2 cm³/mol. The molecule has 9 heavy (non-hydrogen) atoms. The Hall–Kier alpha value is -0.960. The Morgan fingerprint density at radius 2 is 1.22 bits per heavy atom. The van der Waals surface area contributed by atoms with Crippen molar-refractivity contribution in [2.75, 3.05) is 14.2 Å². The molecule has 0 unspecified atom stereocenters. The van der Waals surface area contributed by atoms with Gasteiger partial charge in [-0.1, -0.05) is 0 Å². The normalized spacial score (nSPS) is 7.78. The van der Waals surface area contributed by atoms with E-state index in [1.54, 1.807) is 14.2 Å². The Balaban J connectivity index is 0. The van der Waals surface area contributed by atoms with Gasteiger partial charge in [-0.25, -0.2) is 0 Å². The van der Waals surface area contributed by atoms with Crippen LogP contribution in [0.25, 0.3) is 0 Å². The van der Waals surface area contributed by atoms with Crippen LogP contribution in [0.1, 0.15) is 0 Å². The second-order valence-corrected chi connectivity index (χ2v) is 1.07. The van der Waals surface area contributed by atoms with Gasteiger partial charge < -0.3 is 4.74 Å². The molecule has 0 saturated carbocycles. The van der Waals surface area contributed by atoms with E-state index < -0.39 is 0 Å². The van der Waals surface area contributed by atoms with Gasteiger partial charge >= 0.3 is 0 Å². The Labute approximate surface area is 54.3 Å². The molecule has 0 rings (SSSR count). The molecule has 0 aromatic rings. The van der Waals surface area contributed by atoms with Gasteiger partial charge in [0, 0.05) is 14.2 Å². The zero-order valence-electron chi connectivity index (χ0n) is 5.53. The molecule has 0 fully saturated rings. The lowest BCUT2D eigenvalue weighted by molar-refractivity contribution is -0.106. The van der Waals surface area contributed by atoms with E-state index in [2.05, 4.69) is 4.74 Å². The molecule has 0 heterocycles. The molecular weight excluding hydrogens is 120 g/mol. The molecule has 52 valence electrons. The van der Waals surface area contributed by atoms with Crippen LogP contribution in [0.3, 0.4) is 0 Å². The quantitative estimate of drug-likeness (QED) is 0.396. The topological polar surface area (TPSA) is 43.4 Å². The summed E-state index contributed by atoms with van der Waals surface area (Å²) in [7, 11) is 3.25. The lowest BCUT2D eigenvalue weighted by atomic mass is 10.6. The SMILES string of the molecule is COC.O=C/C=C\C=O. The average molecular weight is 130 g/mol. The van der Waals surface area contributed by atoms with E-state index in [0.717, 1.165) is 12.2 Å². The van der Waals surface area contributed by atoms with Crippen LogP contribution in [0.4, 0.5) is 0 Å². The lowest BCUT2D eigenvalue weighted by Crippen LogP contribution is -1.59. The molecule has 0 atom stereocenters. The van der Waals surface area contributed by atoms with E-state index >= 15 is 0 Å². The molecule has 0 amide bonds. The molecule has 0 spiro atoms. The molecule has 3 nitrogen and oxygen atoms in total. The number of rotatable bonds is 2. The van der Waals surface area contributed by atoms with Gasteiger partial charge in [-0.05, 0) is 12.2 Å². The van der Waals surface area contributed by atoms with Gasteiger partial charge in [0.1, 0.15) is 12.6 Å². The molecule has 0 bridgehead atoms. The van der Waals surface area contributed by atoms with Crippen molar-refractivity contribution in [3.05, 3.63) is 12.2 Å². The van der Waals surface area contributed by atoms with E-state index in [1.165, 1.54) is 0 Å². The van der Waals surface area contributed by atoms with Gasteiger partial charge in [-0.15, -0.1) is 0 Å². The first-order chi connectivity index (χ1) is 4.33. The molecule has 0 saturated heterocycles. The zero-order chi connectivity index (χ0) is 7.54. The van der Waals surface area contributed by atoms with Crippen molar-refractivity contribution in [2.24, 2.45) is 0 Å². The summed E-state index contributed by atoms with van der Waals surface area (Å²) in [5.74, 6) is 0. The molecule has 0 N–H and O–H groups in total. The van der Waals surface area contributed by atoms with Crippen molar-refractivity contribution in [1.29, 1.82) is 0 Å². The maximum absolute atomic E-state index is 9.32. The lowest BCUT2D eigenvalue weighted by Gasteiger charge is -1.61. The van der Waals surface area contributed by atoms with Gasteiger partial charge in [-0.3, -0.25) is 9.59 Å². The Morgan fingerprint density at radius 3 is 1.33 bits per heavy atom. The number of hydrogen-bond donors (Lipinski definition) is 0. The first-order valence-corrected chi connectivity index (χ1v) is 2.29. The Morgan fingerprint density at radius 1 is 1.00 bits per heavy atom. The minimum absolute atomic E-state index is 0.550. The number of methoxy groups -OCH3 is 1. The highest BCUT2D eigenvalue weighted by Gasteiger charge is 1.56. The van der Waals surface area contributed by atoms with Crippen LogP contribution in [-0.4, -0.2) is 26.8 Å². The van der Waals surface area contributed by atoms with E-state index in [0.29, 0.717) is 12.6 Å². The third-order valence-electron chi connectivity index (χ3n) is 0.268. The molecule has 0 aromatic carbocycles. The van der Waals surface area contributed by atoms with Crippen LogP contribution < -0.4 is 0 Å². The van der Waals surface area contributed by atoms with E-state index in [9.17, 15) is 9.59 Å². The first-order valence-electron chi connectivity index (χ1n) is 2.29. The number of hydrogen-bond acceptors (Lipinski definition) is 3. The maximum atomic E-state index is 9.32. The van der Waals surface area contributed by atoms with Crippen LogP contribution in [0, 0.1) is 0 Å². The number of aldehydes is 2. The Bertz CT molecular complexity index is 76.3. The highest BCUT2D eigenvalue weighted by Crippen LogP contribution is 1.53. The Kier molecular flexibility index (Phi) is 19.1. The number of carbonyl (C=O) groups excluding carboxylic acids is 2. The van der Waals surface area contributed by atoms with Gasteiger partial charge in [0.2, 0.25) is 0 Å². The molecule has 3 heteroatoms. The smallest absolute Gasteiger partial charge is 0.142 e. The van der Waals surface area contributed by atoms with Gasteiger partial charge in [0.15, 0.2) is 0 Å². The van der Waals surface area contributed by atoms with Gasteiger partial charge in [0.25, 0.3) is 0 Å². The van der Waals surface area contributed by atoms with Gasteiger partial charge in [0.05, 0.1) is 0 Å². The van der Waals surface area contributed by atoms with Crippen molar-refractivity contribution < 1.29 is 14.3 Å². The zero-order valence-corrected chi connectivity index (χ0v) is 5.53. The summed E-state index contributed by atoms with van der Waals surface area (Å²) in [6.07, 6.45) is 3.36. The molecular formula is C6H10O3. The second kappa shape index (κ2) is 15.7. The van der Waals surface area contributed by atoms with Crippen molar-refractivity contribution >= 4 is 12.6 Å². The van der Waals surface area contributed by atoms with Crippen LogP contribution in [0.2, 0.25) is 0 Å². The molecule has 0 aliphatic heterocycles. The van der Waals surface area contributed by atoms with E-state index in [-0.39, 0.29) is 0 Å². The van der Waals surface area contributed by atoms with Crippen LogP contribution in [0.5, 0.6) is 0 Å². The minimum atomic E-state index is 0.550. The monoisotopic (exact) mass is 130 g/mol. The summed E-state index contributed by atoms with van der Waals surface area (Å²) in [5.41, 5.74) is 0. The summed E-state index contributed by atoms with van der Waals surface area (Å²) >= 11 is 0. The highest BCUT2D eigenvalue weighted by molar-refractivity contribution is 5.75. The van der Waals surface area contributed by atoms with Crippen LogP contribution >= 0.6 is 0 Å². The summed E-state index contributed by atoms with van der Waals surface area (Å²) < 4.78 is 4.25. The van der Waals surface area contributed by atoms with Crippen molar-refractivity contribution in [2.45, 2.75) is 0 Å². The fourth-order valence-electron chi connectivity index (χ4n) is 0.0907. The van der Waals surface area contributed by atoms with Gasteiger partial charge in [-0.2, -0.15) is 0 Å². The van der Waals surface area contributed by atoms with Crippen molar-refractivity contribution in [3.8, 4) is 0 Å². The standard InChI is InChI=1S/C4H4O2.C2H6O/c5-3-1-2-4-6;1-3-2/h1-4H;1-2H3/b2-1-;. The highest BCUT2D eigenvalue weighted by atomic mass is 16.4. The predicted octanol–water partition coefficient (Wildman–Crippen LogP) is 0.203. The van der Waals surface area contributed by atoms with Crippen molar-refractivity contribution in [1.82, 2.24) is 0 Å². The van der Waals surface area contributed by atoms with E-state index in [4.69, 9.17) is 0 Å². The number of ether oxygens (including phenoxy) is 1. The number of allylic oxidation sites excluding steroid dienone is 2. The fraction of sp³-hybridized carbons (Fsp3) is 0.333. The summed E-state index contributed by atoms with van der Waals surface area (Å²) in [6.45, 7) is 0. The fourth-order valence-corrected chi connectivity index (χ4v) is 0.0907. The largest absolute Gasteiger partial charge is 0.388 e.